The van der Waals surface area contributed by atoms with Gasteiger partial charge in [0.05, 0.1) is 18.5 Å². The van der Waals surface area contributed by atoms with E-state index in [2.05, 4.69) is 23.6 Å². The first kappa shape index (κ1) is 16.3. The summed E-state index contributed by atoms with van der Waals surface area (Å²) in [5, 5.41) is 0. The second kappa shape index (κ2) is 6.64. The maximum atomic E-state index is 13.4. The number of benzene rings is 2. The SMILES string of the molecule is COc1ccccc1Cc1c(-c2ccc(F)cc2)nc2ccc(C)cn12. The van der Waals surface area contributed by atoms with Crippen molar-refractivity contribution in [2.75, 3.05) is 7.11 Å². The minimum Gasteiger partial charge on any atom is -0.496 e. The van der Waals surface area contributed by atoms with Crippen LogP contribution in [0.2, 0.25) is 0 Å². The molecule has 0 aliphatic heterocycles. The zero-order valence-corrected chi connectivity index (χ0v) is 14.7. The molecule has 130 valence electrons. The van der Waals surface area contributed by atoms with Crippen molar-refractivity contribution in [3.05, 3.63) is 89.5 Å². The first-order chi connectivity index (χ1) is 12.7. The van der Waals surface area contributed by atoms with Crippen LogP contribution in [0, 0.1) is 12.7 Å². The Kier molecular flexibility index (Phi) is 4.17. The summed E-state index contributed by atoms with van der Waals surface area (Å²) >= 11 is 0. The van der Waals surface area contributed by atoms with Gasteiger partial charge in [0, 0.05) is 23.7 Å². The molecule has 0 saturated carbocycles. The van der Waals surface area contributed by atoms with E-state index in [-0.39, 0.29) is 5.82 Å². The van der Waals surface area contributed by atoms with E-state index in [9.17, 15) is 4.39 Å². The van der Waals surface area contributed by atoms with Crippen molar-refractivity contribution in [3.63, 3.8) is 0 Å². The van der Waals surface area contributed by atoms with Crippen molar-refractivity contribution in [2.45, 2.75) is 13.3 Å². The van der Waals surface area contributed by atoms with E-state index in [0.717, 1.165) is 39.5 Å². The lowest BCUT2D eigenvalue weighted by molar-refractivity contribution is 0.410. The lowest BCUT2D eigenvalue weighted by Crippen LogP contribution is -1.99. The van der Waals surface area contributed by atoms with Gasteiger partial charge < -0.3 is 9.14 Å². The molecule has 0 unspecified atom stereocenters. The molecule has 0 aliphatic carbocycles. The van der Waals surface area contributed by atoms with Crippen molar-refractivity contribution in [3.8, 4) is 17.0 Å². The van der Waals surface area contributed by atoms with Gasteiger partial charge in [0.2, 0.25) is 0 Å². The summed E-state index contributed by atoms with van der Waals surface area (Å²) in [6, 6.07) is 18.5. The summed E-state index contributed by atoms with van der Waals surface area (Å²) in [7, 11) is 1.68. The van der Waals surface area contributed by atoms with Crippen LogP contribution in [0.5, 0.6) is 5.75 Å². The van der Waals surface area contributed by atoms with E-state index in [1.807, 2.05) is 30.3 Å². The Morgan fingerprint density at radius 2 is 1.77 bits per heavy atom. The molecule has 0 bridgehead atoms. The minimum absolute atomic E-state index is 0.250. The largest absolute Gasteiger partial charge is 0.496 e. The smallest absolute Gasteiger partial charge is 0.137 e. The van der Waals surface area contributed by atoms with E-state index < -0.39 is 0 Å². The Hall–Kier alpha value is -3.14. The van der Waals surface area contributed by atoms with Gasteiger partial charge in [-0.05, 0) is 48.9 Å². The Morgan fingerprint density at radius 1 is 1.00 bits per heavy atom. The number of ether oxygens (including phenoxy) is 1. The highest BCUT2D eigenvalue weighted by Crippen LogP contribution is 2.29. The fraction of sp³-hybridized carbons (Fsp3) is 0.136. The van der Waals surface area contributed by atoms with Gasteiger partial charge >= 0.3 is 0 Å². The van der Waals surface area contributed by atoms with Gasteiger partial charge in [0.25, 0.3) is 0 Å². The topological polar surface area (TPSA) is 26.5 Å². The normalized spacial score (nSPS) is 11.0. The average Bonchev–Trinajstić information content (AvgIpc) is 3.00. The van der Waals surface area contributed by atoms with Crippen LogP contribution < -0.4 is 4.74 Å². The monoisotopic (exact) mass is 346 g/mol. The average molecular weight is 346 g/mol. The van der Waals surface area contributed by atoms with Crippen LogP contribution in [0.1, 0.15) is 16.8 Å². The summed E-state index contributed by atoms with van der Waals surface area (Å²) in [6.45, 7) is 2.06. The maximum absolute atomic E-state index is 13.4. The second-order valence-corrected chi connectivity index (χ2v) is 6.34. The van der Waals surface area contributed by atoms with Crippen LogP contribution in [0.4, 0.5) is 4.39 Å². The number of fused-ring (bicyclic) bond motifs is 1. The zero-order valence-electron chi connectivity index (χ0n) is 14.7. The molecule has 0 fully saturated rings. The number of aryl methyl sites for hydroxylation is 1. The van der Waals surface area contributed by atoms with Crippen LogP contribution in [-0.2, 0) is 6.42 Å². The number of imidazole rings is 1. The third kappa shape index (κ3) is 2.94. The molecule has 0 N–H and O–H groups in total. The summed E-state index contributed by atoms with van der Waals surface area (Å²) < 4.78 is 21.0. The first-order valence-electron chi connectivity index (χ1n) is 8.51. The predicted octanol–water partition coefficient (Wildman–Crippen LogP) is 5.05. The van der Waals surface area contributed by atoms with Gasteiger partial charge in [0.1, 0.15) is 17.2 Å². The molecule has 0 spiro atoms. The van der Waals surface area contributed by atoms with Crippen molar-refractivity contribution in [2.24, 2.45) is 0 Å². The van der Waals surface area contributed by atoms with Crippen LogP contribution in [-0.4, -0.2) is 16.5 Å². The number of nitrogens with zero attached hydrogens (tertiary/aromatic N) is 2. The van der Waals surface area contributed by atoms with Crippen molar-refractivity contribution in [1.82, 2.24) is 9.38 Å². The summed E-state index contributed by atoms with van der Waals surface area (Å²) in [4.78, 5) is 4.81. The van der Waals surface area contributed by atoms with Gasteiger partial charge in [-0.3, -0.25) is 0 Å². The Bertz CT molecular complexity index is 1070. The van der Waals surface area contributed by atoms with E-state index in [1.54, 1.807) is 19.2 Å². The standard InChI is InChI=1S/C22H19FN2O/c1-15-7-12-21-24-22(16-8-10-18(23)11-9-16)19(25(21)14-15)13-17-5-3-4-6-20(17)26-2/h3-12,14H,13H2,1-2H3. The number of hydrogen-bond acceptors (Lipinski definition) is 2. The third-order valence-electron chi connectivity index (χ3n) is 4.53. The molecule has 0 aliphatic rings. The van der Waals surface area contributed by atoms with E-state index in [0.29, 0.717) is 6.42 Å². The summed E-state index contributed by atoms with van der Waals surface area (Å²) in [5.74, 6) is 0.597. The maximum Gasteiger partial charge on any atom is 0.137 e. The predicted molar refractivity (Wildman–Crippen MR) is 101 cm³/mol. The quantitative estimate of drug-likeness (QED) is 0.517. The summed E-state index contributed by atoms with van der Waals surface area (Å²) in [5.41, 5.74) is 5.93. The number of para-hydroxylation sites is 1. The molecule has 2 aromatic heterocycles. The van der Waals surface area contributed by atoms with Crippen LogP contribution in [0.3, 0.4) is 0 Å². The highest BCUT2D eigenvalue weighted by molar-refractivity contribution is 5.67. The Morgan fingerprint density at radius 3 is 2.54 bits per heavy atom. The van der Waals surface area contributed by atoms with Gasteiger partial charge in [-0.25, -0.2) is 9.37 Å². The number of pyridine rings is 1. The molecule has 2 heterocycles. The van der Waals surface area contributed by atoms with Gasteiger partial charge in [-0.1, -0.05) is 24.3 Å². The zero-order chi connectivity index (χ0) is 18.1. The molecular formula is C22H19FN2O. The fourth-order valence-corrected chi connectivity index (χ4v) is 3.24. The highest BCUT2D eigenvalue weighted by atomic mass is 19.1. The second-order valence-electron chi connectivity index (χ2n) is 6.34. The molecular weight excluding hydrogens is 327 g/mol. The fourth-order valence-electron chi connectivity index (χ4n) is 3.24. The number of aromatic nitrogens is 2. The number of halogens is 1. The molecule has 0 atom stereocenters. The van der Waals surface area contributed by atoms with Crippen LogP contribution >= 0.6 is 0 Å². The highest BCUT2D eigenvalue weighted by Gasteiger charge is 2.16. The van der Waals surface area contributed by atoms with E-state index in [1.165, 1.54) is 12.1 Å². The molecule has 2 aromatic carbocycles. The molecule has 0 radical (unpaired) electrons. The number of rotatable bonds is 4. The molecule has 3 nitrogen and oxygen atoms in total. The Labute approximate surface area is 151 Å². The van der Waals surface area contributed by atoms with Gasteiger partial charge in [0.15, 0.2) is 0 Å². The van der Waals surface area contributed by atoms with Crippen molar-refractivity contribution in [1.29, 1.82) is 0 Å². The van der Waals surface area contributed by atoms with E-state index in [4.69, 9.17) is 9.72 Å². The summed E-state index contributed by atoms with van der Waals surface area (Å²) in [6.07, 6.45) is 2.75. The van der Waals surface area contributed by atoms with Crippen LogP contribution in [0.15, 0.2) is 66.9 Å². The van der Waals surface area contributed by atoms with Crippen LogP contribution in [0.25, 0.3) is 16.9 Å². The molecule has 26 heavy (non-hydrogen) atoms. The number of hydrogen-bond donors (Lipinski definition) is 0. The number of methoxy groups -OCH3 is 1. The minimum atomic E-state index is -0.250. The van der Waals surface area contributed by atoms with Crippen molar-refractivity contribution >= 4 is 5.65 Å². The molecule has 0 amide bonds. The van der Waals surface area contributed by atoms with E-state index >= 15 is 0 Å². The van der Waals surface area contributed by atoms with Gasteiger partial charge in [-0.15, -0.1) is 0 Å². The molecule has 4 aromatic rings. The van der Waals surface area contributed by atoms with Gasteiger partial charge in [-0.2, -0.15) is 0 Å². The Balaban J connectivity index is 1.91. The lowest BCUT2D eigenvalue weighted by Gasteiger charge is -2.10. The third-order valence-corrected chi connectivity index (χ3v) is 4.53. The van der Waals surface area contributed by atoms with Crippen molar-refractivity contribution < 1.29 is 9.13 Å². The molecule has 0 saturated heterocycles. The first-order valence-corrected chi connectivity index (χ1v) is 8.51. The lowest BCUT2D eigenvalue weighted by atomic mass is 10.0. The molecule has 4 heteroatoms. The molecule has 4 rings (SSSR count).